The fourth-order valence-electron chi connectivity index (χ4n) is 5.56. The van der Waals surface area contributed by atoms with E-state index in [-0.39, 0.29) is 51.2 Å². The summed E-state index contributed by atoms with van der Waals surface area (Å²) in [6.45, 7) is 3.86. The Bertz CT molecular complexity index is 902. The van der Waals surface area contributed by atoms with Crippen molar-refractivity contribution < 1.29 is 33.7 Å². The molecule has 1 amide bonds. The molecule has 0 bridgehead atoms. The number of imidazole rings is 1. The Morgan fingerprint density at radius 3 is 1.62 bits per heavy atom. The van der Waals surface area contributed by atoms with E-state index in [1.807, 2.05) is 0 Å². The fourth-order valence-corrected chi connectivity index (χ4v) is 5.56. The number of esters is 2. The summed E-state index contributed by atoms with van der Waals surface area (Å²) in [7, 11) is 0. The van der Waals surface area contributed by atoms with Crippen LogP contribution in [0.1, 0.15) is 148 Å². The van der Waals surface area contributed by atoms with Crippen LogP contribution >= 0.6 is 0 Å². The standard InChI is InChI=1S/C36H65N4O7/c1-3-5-7-9-11-13-15-17-19-21-34(42)46-27-24-39(36(44)33(40(45)23-26-41)29-32-30-37-31-38-32)25-28-47-35(43)22-20-18-16-14-12-10-8-6-4-2/h30-31,33,41H,3-29H2,1-2H3,(H,37,38)/q+1. The minimum Gasteiger partial charge on any atom is -0.464 e. The van der Waals surface area contributed by atoms with Crippen molar-refractivity contribution in [1.82, 2.24) is 14.9 Å². The highest BCUT2D eigenvalue weighted by Gasteiger charge is 2.37. The summed E-state index contributed by atoms with van der Waals surface area (Å²) in [5, 5.41) is 9.36. The first kappa shape index (κ1) is 42.2. The van der Waals surface area contributed by atoms with Crippen molar-refractivity contribution in [3.05, 3.63) is 23.1 Å². The van der Waals surface area contributed by atoms with Crippen LogP contribution in [0.25, 0.3) is 0 Å². The highest BCUT2D eigenvalue weighted by Crippen LogP contribution is 2.13. The molecule has 0 fully saturated rings. The van der Waals surface area contributed by atoms with Gasteiger partial charge < -0.3 is 24.5 Å². The maximum absolute atomic E-state index is 13.6. The number of ether oxygens (including phenoxy) is 2. The largest absolute Gasteiger partial charge is 0.464 e. The lowest BCUT2D eigenvalue weighted by molar-refractivity contribution is -0.575. The van der Waals surface area contributed by atoms with E-state index in [0.29, 0.717) is 23.3 Å². The number of aliphatic hydroxyl groups is 1. The summed E-state index contributed by atoms with van der Waals surface area (Å²) in [5.41, 5.74) is 0.599. The number of carbonyl (C=O) groups excluding carboxylic acids is 3. The molecule has 11 heteroatoms. The molecule has 1 rings (SSSR count). The lowest BCUT2D eigenvalue weighted by Crippen LogP contribution is -2.48. The molecule has 47 heavy (non-hydrogen) atoms. The van der Waals surface area contributed by atoms with Crippen LogP contribution in [-0.2, 0) is 30.3 Å². The number of carbonyl (C=O) groups is 3. The smallest absolute Gasteiger partial charge is 0.305 e. The average molecular weight is 666 g/mol. The van der Waals surface area contributed by atoms with Crippen molar-refractivity contribution in [3.8, 4) is 0 Å². The molecule has 1 atom stereocenters. The average Bonchev–Trinajstić information content (AvgIpc) is 3.58. The van der Waals surface area contributed by atoms with Crippen molar-refractivity contribution in [1.29, 1.82) is 0 Å². The van der Waals surface area contributed by atoms with Crippen LogP contribution in [-0.4, -0.2) is 88.1 Å². The van der Waals surface area contributed by atoms with Gasteiger partial charge in [0, 0.05) is 34.4 Å². The van der Waals surface area contributed by atoms with E-state index in [0.717, 1.165) is 38.5 Å². The van der Waals surface area contributed by atoms with Crippen molar-refractivity contribution in [2.45, 2.75) is 155 Å². The minimum atomic E-state index is -1.13. The highest BCUT2D eigenvalue weighted by atomic mass is 16.5. The molecule has 0 radical (unpaired) electrons. The molecule has 1 heterocycles. The normalized spacial score (nSPS) is 11.7. The van der Waals surface area contributed by atoms with Crippen molar-refractivity contribution in [3.63, 3.8) is 0 Å². The Morgan fingerprint density at radius 1 is 0.766 bits per heavy atom. The van der Waals surface area contributed by atoms with E-state index < -0.39 is 18.6 Å². The zero-order chi connectivity index (χ0) is 34.4. The summed E-state index contributed by atoms with van der Waals surface area (Å²) in [6, 6.07) is -1.13. The van der Waals surface area contributed by atoms with Gasteiger partial charge in [0.25, 0.3) is 11.9 Å². The third kappa shape index (κ3) is 22.4. The van der Waals surface area contributed by atoms with Crippen LogP contribution in [0.2, 0.25) is 0 Å². The molecule has 270 valence electrons. The van der Waals surface area contributed by atoms with Crippen LogP contribution in [0.3, 0.4) is 0 Å². The zero-order valence-electron chi connectivity index (χ0n) is 29.6. The lowest BCUT2D eigenvalue weighted by Gasteiger charge is -2.24. The van der Waals surface area contributed by atoms with Gasteiger partial charge in [-0.2, -0.15) is 0 Å². The molecule has 0 aliphatic heterocycles. The second-order valence-corrected chi connectivity index (χ2v) is 12.6. The van der Waals surface area contributed by atoms with Crippen LogP contribution in [0.4, 0.5) is 0 Å². The predicted octanol–water partition coefficient (Wildman–Crippen LogP) is 6.85. The first-order chi connectivity index (χ1) is 22.9. The van der Waals surface area contributed by atoms with Gasteiger partial charge in [-0.3, -0.25) is 14.4 Å². The first-order valence-corrected chi connectivity index (χ1v) is 18.5. The Kier molecular flexibility index (Phi) is 26.3. The Balaban J connectivity index is 2.56. The molecule has 11 nitrogen and oxygen atoms in total. The molecule has 0 aromatic carbocycles. The van der Waals surface area contributed by atoms with Crippen molar-refractivity contribution in [2.75, 3.05) is 39.5 Å². The van der Waals surface area contributed by atoms with Gasteiger partial charge in [-0.05, 0) is 12.8 Å². The molecule has 0 saturated heterocycles. The number of nitrogens with one attached hydrogen (secondary N) is 1. The SMILES string of the molecule is CCCCCCCCCCCC(=O)OCCN(CCOC(=O)CCCCCCCCCCC)C(=O)C(Cc1cnc[nH]1)[N+](=O)CCO. The number of rotatable bonds is 32. The summed E-state index contributed by atoms with van der Waals surface area (Å²) < 4.78 is 11.4. The Hall–Kier alpha value is -2.82. The predicted molar refractivity (Wildman–Crippen MR) is 184 cm³/mol. The number of hydrogen-bond donors (Lipinski definition) is 2. The number of hydrogen-bond acceptors (Lipinski definition) is 8. The number of aromatic amines is 1. The summed E-state index contributed by atoms with van der Waals surface area (Å²) in [4.78, 5) is 59.5. The fraction of sp³-hybridized carbons (Fsp3) is 0.833. The summed E-state index contributed by atoms with van der Waals surface area (Å²) >= 11 is 0. The lowest BCUT2D eigenvalue weighted by atomic mass is 10.1. The van der Waals surface area contributed by atoms with Gasteiger partial charge in [-0.15, -0.1) is 0 Å². The molecule has 1 aromatic heterocycles. The summed E-state index contributed by atoms with van der Waals surface area (Å²) in [5.74, 6) is -1.12. The number of unbranched alkanes of at least 4 members (excludes halogenated alkanes) is 16. The number of H-pyrrole nitrogens is 1. The van der Waals surface area contributed by atoms with Gasteiger partial charge in [0.15, 0.2) is 0 Å². The molecule has 0 aliphatic carbocycles. The molecule has 1 aromatic rings. The number of nitrogens with zero attached hydrogens (tertiary/aromatic N) is 3. The summed E-state index contributed by atoms with van der Waals surface area (Å²) in [6.07, 6.45) is 24.5. The van der Waals surface area contributed by atoms with Gasteiger partial charge >= 0.3 is 11.9 Å². The van der Waals surface area contributed by atoms with Crippen LogP contribution < -0.4 is 0 Å². The van der Waals surface area contributed by atoms with Crippen molar-refractivity contribution in [2.24, 2.45) is 0 Å². The third-order valence-corrected chi connectivity index (χ3v) is 8.45. The van der Waals surface area contributed by atoms with E-state index in [1.54, 1.807) is 6.20 Å². The number of aromatic nitrogens is 2. The maximum atomic E-state index is 13.6. The highest BCUT2D eigenvalue weighted by molar-refractivity contribution is 5.81. The van der Waals surface area contributed by atoms with E-state index in [2.05, 4.69) is 23.8 Å². The van der Waals surface area contributed by atoms with E-state index in [1.165, 1.54) is 88.3 Å². The molecular formula is C36H65N4O7+. The molecule has 2 N–H and O–H groups in total. The monoisotopic (exact) mass is 665 g/mol. The Labute approximate surface area is 283 Å². The van der Waals surface area contributed by atoms with E-state index in [9.17, 15) is 24.4 Å². The molecule has 0 saturated carbocycles. The van der Waals surface area contributed by atoms with Crippen molar-refractivity contribution >= 4 is 17.8 Å². The van der Waals surface area contributed by atoms with Gasteiger partial charge in [0.1, 0.15) is 19.8 Å². The molecule has 0 aliphatic rings. The number of nitroso groups, excluding NO2 is 1. The second-order valence-electron chi connectivity index (χ2n) is 12.6. The van der Waals surface area contributed by atoms with Gasteiger partial charge in [0.05, 0.1) is 25.8 Å². The van der Waals surface area contributed by atoms with Crippen LogP contribution in [0.5, 0.6) is 0 Å². The molecule has 1 unspecified atom stereocenters. The zero-order valence-corrected chi connectivity index (χ0v) is 29.6. The van der Waals surface area contributed by atoms with Gasteiger partial charge in [0.2, 0.25) is 6.54 Å². The molecular weight excluding hydrogens is 600 g/mol. The topological polar surface area (TPSA) is 142 Å². The number of aliphatic hydroxyl groups excluding tert-OH is 1. The van der Waals surface area contributed by atoms with Gasteiger partial charge in [-0.25, -0.2) is 4.98 Å². The Morgan fingerprint density at radius 2 is 1.21 bits per heavy atom. The van der Waals surface area contributed by atoms with Gasteiger partial charge in [-0.1, -0.05) is 117 Å². The van der Waals surface area contributed by atoms with E-state index in [4.69, 9.17) is 9.47 Å². The van der Waals surface area contributed by atoms with E-state index >= 15 is 0 Å². The minimum absolute atomic E-state index is 0.0238. The van der Waals surface area contributed by atoms with Crippen LogP contribution in [0.15, 0.2) is 12.5 Å². The first-order valence-electron chi connectivity index (χ1n) is 18.5. The van der Waals surface area contributed by atoms with Crippen LogP contribution in [0, 0.1) is 4.91 Å². The number of amides is 1. The quantitative estimate of drug-likeness (QED) is 0.0484. The third-order valence-electron chi connectivity index (χ3n) is 8.45. The molecule has 0 spiro atoms. The maximum Gasteiger partial charge on any atom is 0.305 e. The second kappa shape index (κ2) is 29.3.